The minimum absolute atomic E-state index is 0.0720. The van der Waals surface area contributed by atoms with Gasteiger partial charge in [0.05, 0.1) is 4.90 Å². The van der Waals surface area contributed by atoms with Gasteiger partial charge in [0.15, 0.2) is 0 Å². The lowest BCUT2D eigenvalue weighted by molar-refractivity contribution is -0.115. The van der Waals surface area contributed by atoms with E-state index in [1.165, 1.54) is 12.1 Å². The molecule has 0 atom stereocenters. The maximum Gasteiger partial charge on any atom is 0.264 e. The highest BCUT2D eigenvalue weighted by Gasteiger charge is 2.25. The molecule has 1 heterocycles. The standard InChI is InChI=1S/C16H18N4O3S/c1-2-15(21)18-12-5-7-13(8-6-12)24(22,23)20-16-17-10-9-14(19-16)11-3-4-11/h5-11H,2-4H2,1H3,(H,18,21)(H,17,19,20). The molecular weight excluding hydrogens is 328 g/mol. The molecule has 0 aliphatic heterocycles. The zero-order valence-corrected chi connectivity index (χ0v) is 14.0. The van der Waals surface area contributed by atoms with E-state index in [-0.39, 0.29) is 16.8 Å². The number of amides is 1. The van der Waals surface area contributed by atoms with Crippen LogP contribution in [0, 0.1) is 0 Å². The molecule has 1 fully saturated rings. The molecule has 2 N–H and O–H groups in total. The summed E-state index contributed by atoms with van der Waals surface area (Å²) < 4.78 is 27.2. The maximum absolute atomic E-state index is 12.4. The van der Waals surface area contributed by atoms with Gasteiger partial charge < -0.3 is 5.32 Å². The molecule has 7 nitrogen and oxygen atoms in total. The lowest BCUT2D eigenvalue weighted by Gasteiger charge is -2.09. The Balaban J connectivity index is 1.75. The van der Waals surface area contributed by atoms with Gasteiger partial charge in [-0.2, -0.15) is 0 Å². The highest BCUT2D eigenvalue weighted by molar-refractivity contribution is 7.92. The minimum atomic E-state index is -3.77. The average Bonchev–Trinajstić information content (AvgIpc) is 3.40. The molecule has 0 saturated heterocycles. The van der Waals surface area contributed by atoms with Crippen LogP contribution >= 0.6 is 0 Å². The molecule has 0 bridgehead atoms. The van der Waals surface area contributed by atoms with Gasteiger partial charge >= 0.3 is 0 Å². The number of nitrogens with one attached hydrogen (secondary N) is 2. The van der Waals surface area contributed by atoms with Gasteiger partial charge in [0, 0.05) is 29.9 Å². The van der Waals surface area contributed by atoms with Crippen LogP contribution in [-0.2, 0) is 14.8 Å². The second-order valence-electron chi connectivity index (χ2n) is 5.61. The van der Waals surface area contributed by atoms with Crippen molar-refractivity contribution >= 4 is 27.6 Å². The highest BCUT2D eigenvalue weighted by atomic mass is 32.2. The fourth-order valence-corrected chi connectivity index (χ4v) is 3.13. The van der Waals surface area contributed by atoms with Crippen LogP contribution in [-0.4, -0.2) is 24.3 Å². The molecule has 0 unspecified atom stereocenters. The Morgan fingerprint density at radius 1 is 1.21 bits per heavy atom. The SMILES string of the molecule is CCC(=O)Nc1ccc(S(=O)(=O)Nc2nccc(C3CC3)n2)cc1. The molecule has 0 spiro atoms. The smallest absolute Gasteiger partial charge is 0.264 e. The van der Waals surface area contributed by atoms with Gasteiger partial charge in [0.2, 0.25) is 11.9 Å². The fourth-order valence-electron chi connectivity index (χ4n) is 2.17. The largest absolute Gasteiger partial charge is 0.326 e. The third kappa shape index (κ3) is 3.88. The zero-order valence-electron chi connectivity index (χ0n) is 13.2. The summed E-state index contributed by atoms with van der Waals surface area (Å²) in [5.41, 5.74) is 1.41. The van der Waals surface area contributed by atoms with Crippen molar-refractivity contribution in [3.63, 3.8) is 0 Å². The summed E-state index contributed by atoms with van der Waals surface area (Å²) in [5.74, 6) is 0.356. The molecule has 3 rings (SSSR count). The minimum Gasteiger partial charge on any atom is -0.326 e. The van der Waals surface area contributed by atoms with Gasteiger partial charge in [-0.25, -0.2) is 23.1 Å². The number of aromatic nitrogens is 2. The van der Waals surface area contributed by atoms with Gasteiger partial charge in [-0.05, 0) is 43.2 Å². The first-order valence-electron chi connectivity index (χ1n) is 7.73. The topological polar surface area (TPSA) is 101 Å². The molecule has 8 heteroatoms. The van der Waals surface area contributed by atoms with Crippen molar-refractivity contribution in [1.82, 2.24) is 9.97 Å². The number of rotatable bonds is 6. The summed E-state index contributed by atoms with van der Waals surface area (Å²) in [4.78, 5) is 19.6. The first-order valence-corrected chi connectivity index (χ1v) is 9.22. The second-order valence-corrected chi connectivity index (χ2v) is 7.29. The highest BCUT2D eigenvalue weighted by Crippen LogP contribution is 2.38. The molecular formula is C16H18N4O3S. The van der Waals surface area contributed by atoms with Crippen LogP contribution in [0.5, 0.6) is 0 Å². The van der Waals surface area contributed by atoms with Crippen molar-refractivity contribution in [2.75, 3.05) is 10.0 Å². The third-order valence-electron chi connectivity index (χ3n) is 3.67. The van der Waals surface area contributed by atoms with Crippen LogP contribution in [0.1, 0.15) is 37.8 Å². The number of carbonyl (C=O) groups excluding carboxylic acids is 1. The molecule has 2 aromatic rings. The number of benzene rings is 1. The summed E-state index contributed by atoms with van der Waals surface area (Å²) >= 11 is 0. The van der Waals surface area contributed by atoms with E-state index in [9.17, 15) is 13.2 Å². The summed E-state index contributed by atoms with van der Waals surface area (Å²) in [6, 6.07) is 7.75. The van der Waals surface area contributed by atoms with E-state index in [0.717, 1.165) is 18.5 Å². The molecule has 126 valence electrons. The van der Waals surface area contributed by atoms with E-state index in [0.29, 0.717) is 18.0 Å². The van der Waals surface area contributed by atoms with Crippen LogP contribution in [0.3, 0.4) is 0 Å². The Labute approximate surface area is 140 Å². The van der Waals surface area contributed by atoms with Crippen molar-refractivity contribution in [3.8, 4) is 0 Å². The fraction of sp³-hybridized carbons (Fsp3) is 0.312. The Hall–Kier alpha value is -2.48. The van der Waals surface area contributed by atoms with Crippen molar-refractivity contribution < 1.29 is 13.2 Å². The van der Waals surface area contributed by atoms with Crippen molar-refractivity contribution in [1.29, 1.82) is 0 Å². The lowest BCUT2D eigenvalue weighted by atomic mass is 10.3. The molecule has 24 heavy (non-hydrogen) atoms. The summed E-state index contributed by atoms with van der Waals surface area (Å²) in [6.45, 7) is 1.74. The Morgan fingerprint density at radius 3 is 2.54 bits per heavy atom. The van der Waals surface area contributed by atoms with Gasteiger partial charge in [0.1, 0.15) is 0 Å². The number of sulfonamides is 1. The quantitative estimate of drug-likeness (QED) is 0.837. The number of hydrogen-bond donors (Lipinski definition) is 2. The third-order valence-corrected chi connectivity index (χ3v) is 5.01. The first kappa shape index (κ1) is 16.4. The molecule has 1 aromatic carbocycles. The van der Waals surface area contributed by atoms with E-state index in [1.807, 2.05) is 0 Å². The van der Waals surface area contributed by atoms with Crippen LogP contribution < -0.4 is 10.0 Å². The summed E-state index contributed by atoms with van der Waals surface area (Å²) in [6.07, 6.45) is 4.07. The van der Waals surface area contributed by atoms with Gasteiger partial charge in [-0.1, -0.05) is 6.92 Å². The van der Waals surface area contributed by atoms with Crippen LogP contribution in [0.4, 0.5) is 11.6 Å². The number of hydrogen-bond acceptors (Lipinski definition) is 5. The van der Waals surface area contributed by atoms with E-state index in [2.05, 4.69) is 20.0 Å². The predicted molar refractivity (Wildman–Crippen MR) is 90.2 cm³/mol. The molecule has 1 aliphatic carbocycles. The molecule has 0 radical (unpaired) electrons. The monoisotopic (exact) mass is 346 g/mol. The normalized spacial score (nSPS) is 14.2. The molecule has 1 amide bonds. The number of carbonyl (C=O) groups is 1. The Bertz CT molecular complexity index is 846. The molecule has 1 saturated carbocycles. The van der Waals surface area contributed by atoms with Crippen molar-refractivity contribution in [2.45, 2.75) is 37.0 Å². The molecule has 1 aromatic heterocycles. The molecule has 1 aliphatic rings. The van der Waals surface area contributed by atoms with Gasteiger partial charge in [0.25, 0.3) is 10.0 Å². The maximum atomic E-state index is 12.4. The summed E-state index contributed by atoms with van der Waals surface area (Å²) in [7, 11) is -3.77. The second kappa shape index (κ2) is 6.56. The van der Waals surface area contributed by atoms with E-state index >= 15 is 0 Å². The predicted octanol–water partition coefficient (Wildman–Crippen LogP) is 2.50. The van der Waals surface area contributed by atoms with Crippen LogP contribution in [0.15, 0.2) is 41.4 Å². The van der Waals surface area contributed by atoms with Crippen LogP contribution in [0.2, 0.25) is 0 Å². The van der Waals surface area contributed by atoms with Crippen LogP contribution in [0.25, 0.3) is 0 Å². The lowest BCUT2D eigenvalue weighted by Crippen LogP contribution is -2.15. The van der Waals surface area contributed by atoms with E-state index in [4.69, 9.17) is 0 Å². The number of nitrogens with zero attached hydrogens (tertiary/aromatic N) is 2. The van der Waals surface area contributed by atoms with E-state index in [1.54, 1.807) is 31.3 Å². The van der Waals surface area contributed by atoms with Crippen molar-refractivity contribution in [2.24, 2.45) is 0 Å². The first-order chi connectivity index (χ1) is 11.5. The van der Waals surface area contributed by atoms with Crippen molar-refractivity contribution in [3.05, 3.63) is 42.2 Å². The number of anilines is 2. The Morgan fingerprint density at radius 2 is 1.92 bits per heavy atom. The van der Waals surface area contributed by atoms with Gasteiger partial charge in [-0.3, -0.25) is 4.79 Å². The zero-order chi connectivity index (χ0) is 17.2. The summed E-state index contributed by atoms with van der Waals surface area (Å²) in [5, 5.41) is 2.67. The Kier molecular flexibility index (Phi) is 4.48. The average molecular weight is 346 g/mol. The van der Waals surface area contributed by atoms with E-state index < -0.39 is 10.0 Å². The van der Waals surface area contributed by atoms with Gasteiger partial charge in [-0.15, -0.1) is 0 Å².